The summed E-state index contributed by atoms with van der Waals surface area (Å²) in [6.45, 7) is 0. The Morgan fingerprint density at radius 2 is 1.07 bits per heavy atom. The van der Waals surface area contributed by atoms with Crippen LogP contribution in [0.2, 0.25) is 0 Å². The van der Waals surface area contributed by atoms with E-state index < -0.39 is 0 Å². The molecule has 0 saturated carbocycles. The van der Waals surface area contributed by atoms with Crippen molar-refractivity contribution in [3.8, 4) is 11.1 Å². The summed E-state index contributed by atoms with van der Waals surface area (Å²) in [6, 6.07) is 53.9. The molecule has 0 bridgehead atoms. The molecule has 0 N–H and O–H groups in total. The highest BCUT2D eigenvalue weighted by molar-refractivity contribution is 6.09. The summed E-state index contributed by atoms with van der Waals surface area (Å²) < 4.78 is 6.17. The first-order chi connectivity index (χ1) is 19.8. The van der Waals surface area contributed by atoms with Crippen LogP contribution in [0.3, 0.4) is 0 Å². The van der Waals surface area contributed by atoms with Crippen LogP contribution in [0.1, 0.15) is 0 Å². The molecule has 2 nitrogen and oxygen atoms in total. The lowest BCUT2D eigenvalue weighted by molar-refractivity contribution is 0.669. The topological polar surface area (TPSA) is 16.4 Å². The Bertz CT molecular complexity index is 2170. The first-order valence-electron chi connectivity index (χ1n) is 13.6. The number of rotatable bonds is 4. The Morgan fingerprint density at radius 1 is 0.400 bits per heavy atom. The van der Waals surface area contributed by atoms with Gasteiger partial charge in [0.1, 0.15) is 11.2 Å². The first-order valence-corrected chi connectivity index (χ1v) is 13.6. The van der Waals surface area contributed by atoms with Crippen LogP contribution in [0.4, 0.5) is 17.1 Å². The predicted octanol–water partition coefficient (Wildman–Crippen LogP) is 11.0. The number of benzene rings is 7. The third-order valence-electron chi connectivity index (χ3n) is 7.82. The minimum atomic E-state index is 0.895. The fraction of sp³-hybridized carbons (Fsp3) is 0. The number of hydrogen-bond acceptors (Lipinski definition) is 2. The highest BCUT2D eigenvalue weighted by Crippen LogP contribution is 2.45. The van der Waals surface area contributed by atoms with Crippen molar-refractivity contribution < 1.29 is 4.42 Å². The highest BCUT2D eigenvalue weighted by Gasteiger charge is 2.20. The molecule has 0 fully saturated rings. The summed E-state index contributed by atoms with van der Waals surface area (Å²) in [5.41, 5.74) is 7.53. The van der Waals surface area contributed by atoms with E-state index in [1.807, 2.05) is 12.1 Å². The van der Waals surface area contributed by atoms with Crippen LogP contribution >= 0.6 is 0 Å². The van der Waals surface area contributed by atoms with Crippen LogP contribution in [0.15, 0.2) is 156 Å². The lowest BCUT2D eigenvalue weighted by Gasteiger charge is -2.29. The summed E-state index contributed by atoms with van der Waals surface area (Å²) in [5.74, 6) is 0. The number of furan rings is 1. The SMILES string of the molecule is c1ccc(N(c2ccc3oc4ccccc4c3c2)c2ccc3ccccc3c2-c2ccc3ccccc3c2)cc1. The third-order valence-corrected chi connectivity index (χ3v) is 7.82. The Hall–Kier alpha value is -5.34. The summed E-state index contributed by atoms with van der Waals surface area (Å²) in [6.07, 6.45) is 0. The van der Waals surface area contributed by atoms with Crippen molar-refractivity contribution >= 4 is 60.5 Å². The number of para-hydroxylation sites is 2. The summed E-state index contributed by atoms with van der Waals surface area (Å²) >= 11 is 0. The van der Waals surface area contributed by atoms with Crippen LogP contribution < -0.4 is 4.90 Å². The third kappa shape index (κ3) is 3.65. The van der Waals surface area contributed by atoms with Crippen LogP contribution in [0.5, 0.6) is 0 Å². The zero-order chi connectivity index (χ0) is 26.5. The molecule has 0 unspecified atom stereocenters. The standard InChI is InChI=1S/C38H25NO/c1-2-13-30(14-3-1)39(31-21-23-37-34(25-31)33-16-8-9-17-36(33)40-37)35-22-20-27-11-6-7-15-32(27)38(35)29-19-18-26-10-4-5-12-28(26)24-29/h1-25H. The molecule has 8 aromatic rings. The molecular weight excluding hydrogens is 486 g/mol. The minimum Gasteiger partial charge on any atom is -0.456 e. The van der Waals surface area contributed by atoms with Gasteiger partial charge in [0.25, 0.3) is 0 Å². The maximum Gasteiger partial charge on any atom is 0.135 e. The average Bonchev–Trinajstić information content (AvgIpc) is 3.39. The van der Waals surface area contributed by atoms with Gasteiger partial charge >= 0.3 is 0 Å². The van der Waals surface area contributed by atoms with Gasteiger partial charge in [0.05, 0.1) is 5.69 Å². The van der Waals surface area contributed by atoms with Crippen molar-refractivity contribution in [2.75, 3.05) is 4.90 Å². The molecule has 0 atom stereocenters. The molecule has 7 aromatic carbocycles. The van der Waals surface area contributed by atoms with Crippen molar-refractivity contribution in [1.29, 1.82) is 0 Å². The number of fused-ring (bicyclic) bond motifs is 5. The molecule has 8 rings (SSSR count). The number of nitrogens with zero attached hydrogens (tertiary/aromatic N) is 1. The molecule has 0 aliphatic rings. The molecular formula is C38H25NO. The molecule has 0 radical (unpaired) electrons. The molecule has 0 aliphatic heterocycles. The van der Waals surface area contributed by atoms with Gasteiger partial charge in [-0.15, -0.1) is 0 Å². The summed E-state index contributed by atoms with van der Waals surface area (Å²) in [5, 5.41) is 7.16. The van der Waals surface area contributed by atoms with Crippen LogP contribution in [-0.4, -0.2) is 0 Å². The maximum absolute atomic E-state index is 6.17. The minimum absolute atomic E-state index is 0.895. The molecule has 2 heteroatoms. The van der Waals surface area contributed by atoms with Gasteiger partial charge in [-0.1, -0.05) is 103 Å². The summed E-state index contributed by atoms with van der Waals surface area (Å²) in [7, 11) is 0. The number of anilines is 3. The van der Waals surface area contributed by atoms with Gasteiger partial charge in [0.2, 0.25) is 0 Å². The van der Waals surface area contributed by atoms with Crippen molar-refractivity contribution in [3.05, 3.63) is 152 Å². The van der Waals surface area contributed by atoms with Gasteiger partial charge in [0, 0.05) is 27.7 Å². The highest BCUT2D eigenvalue weighted by atomic mass is 16.3. The van der Waals surface area contributed by atoms with Gasteiger partial charge in [-0.2, -0.15) is 0 Å². The molecule has 0 spiro atoms. The van der Waals surface area contributed by atoms with Crippen LogP contribution in [-0.2, 0) is 0 Å². The van der Waals surface area contributed by atoms with Crippen LogP contribution in [0.25, 0.3) is 54.6 Å². The van der Waals surface area contributed by atoms with E-state index in [1.165, 1.54) is 32.7 Å². The van der Waals surface area contributed by atoms with E-state index in [1.54, 1.807) is 0 Å². The molecule has 188 valence electrons. The Morgan fingerprint density at radius 3 is 1.95 bits per heavy atom. The normalized spacial score (nSPS) is 11.5. The van der Waals surface area contributed by atoms with Gasteiger partial charge in [-0.3, -0.25) is 0 Å². The molecule has 40 heavy (non-hydrogen) atoms. The second kappa shape index (κ2) is 9.14. The molecule has 1 aromatic heterocycles. The monoisotopic (exact) mass is 511 g/mol. The van der Waals surface area contributed by atoms with Crippen molar-refractivity contribution in [3.63, 3.8) is 0 Å². The quantitative estimate of drug-likeness (QED) is 0.234. The van der Waals surface area contributed by atoms with E-state index in [4.69, 9.17) is 4.42 Å². The van der Waals surface area contributed by atoms with Crippen molar-refractivity contribution in [2.24, 2.45) is 0 Å². The second-order valence-electron chi connectivity index (χ2n) is 10.2. The molecule has 0 saturated heterocycles. The molecule has 0 aliphatic carbocycles. The van der Waals surface area contributed by atoms with E-state index in [9.17, 15) is 0 Å². The van der Waals surface area contributed by atoms with Gasteiger partial charge in [0.15, 0.2) is 0 Å². The lowest BCUT2D eigenvalue weighted by Crippen LogP contribution is -2.11. The van der Waals surface area contributed by atoms with E-state index >= 15 is 0 Å². The maximum atomic E-state index is 6.17. The average molecular weight is 512 g/mol. The van der Waals surface area contributed by atoms with Gasteiger partial charge in [-0.05, 0) is 75.6 Å². The predicted molar refractivity (Wildman–Crippen MR) is 169 cm³/mol. The fourth-order valence-corrected chi connectivity index (χ4v) is 5.95. The van der Waals surface area contributed by atoms with Crippen LogP contribution in [0, 0.1) is 0 Å². The van der Waals surface area contributed by atoms with E-state index in [-0.39, 0.29) is 0 Å². The van der Waals surface area contributed by atoms with Crippen molar-refractivity contribution in [1.82, 2.24) is 0 Å². The summed E-state index contributed by atoms with van der Waals surface area (Å²) in [4.78, 5) is 2.37. The Labute approximate surface area is 232 Å². The van der Waals surface area contributed by atoms with E-state index in [0.717, 1.165) is 39.0 Å². The zero-order valence-corrected chi connectivity index (χ0v) is 21.8. The Balaban J connectivity index is 1.44. The van der Waals surface area contributed by atoms with E-state index in [0.29, 0.717) is 0 Å². The van der Waals surface area contributed by atoms with Crippen molar-refractivity contribution in [2.45, 2.75) is 0 Å². The molecule has 0 amide bonds. The lowest BCUT2D eigenvalue weighted by atomic mass is 9.93. The van der Waals surface area contributed by atoms with Gasteiger partial charge < -0.3 is 9.32 Å². The van der Waals surface area contributed by atoms with Gasteiger partial charge in [-0.25, -0.2) is 0 Å². The largest absolute Gasteiger partial charge is 0.456 e. The first kappa shape index (κ1) is 22.6. The van der Waals surface area contributed by atoms with E-state index in [2.05, 4.69) is 144 Å². The smallest absolute Gasteiger partial charge is 0.135 e. The number of hydrogen-bond donors (Lipinski definition) is 0. The fourth-order valence-electron chi connectivity index (χ4n) is 5.95. The molecule has 1 heterocycles. The zero-order valence-electron chi connectivity index (χ0n) is 21.8. The second-order valence-corrected chi connectivity index (χ2v) is 10.2. The Kier molecular flexibility index (Phi) is 5.17.